The first-order chi connectivity index (χ1) is 14.1. The lowest BCUT2D eigenvalue weighted by atomic mass is 10.2. The summed E-state index contributed by atoms with van der Waals surface area (Å²) >= 11 is 6.70. The number of thioether (sulfide) groups is 1. The van der Waals surface area contributed by atoms with E-state index in [2.05, 4.69) is 11.8 Å². The molecule has 0 N–H and O–H groups in total. The SMILES string of the molecule is CCCCCN1C(=O)/C(=C\c2c(N3CCCC3)nc3ccccn3c2=O)SC1=S. The first kappa shape index (κ1) is 20.1. The Hall–Kier alpha value is -2.19. The summed E-state index contributed by atoms with van der Waals surface area (Å²) in [4.78, 5) is 35.2. The summed E-state index contributed by atoms with van der Waals surface area (Å²) in [5.74, 6) is 0.552. The third-order valence-corrected chi connectivity index (χ3v) is 6.67. The molecule has 4 rings (SSSR count). The van der Waals surface area contributed by atoms with E-state index in [4.69, 9.17) is 17.2 Å². The van der Waals surface area contributed by atoms with E-state index in [1.807, 2.05) is 18.2 Å². The fraction of sp³-hybridized carbons (Fsp3) is 0.429. The highest BCUT2D eigenvalue weighted by Gasteiger charge is 2.32. The van der Waals surface area contributed by atoms with E-state index in [-0.39, 0.29) is 11.5 Å². The van der Waals surface area contributed by atoms with Crippen molar-refractivity contribution in [2.45, 2.75) is 39.0 Å². The lowest BCUT2D eigenvalue weighted by molar-refractivity contribution is -0.122. The fourth-order valence-electron chi connectivity index (χ4n) is 3.73. The zero-order valence-electron chi connectivity index (χ0n) is 16.5. The Morgan fingerprint density at radius 2 is 2.00 bits per heavy atom. The average Bonchev–Trinajstić information content (AvgIpc) is 3.34. The van der Waals surface area contributed by atoms with E-state index in [1.165, 1.54) is 16.2 Å². The van der Waals surface area contributed by atoms with Crippen LogP contribution < -0.4 is 10.5 Å². The fourth-order valence-corrected chi connectivity index (χ4v) is 5.02. The number of nitrogens with zero attached hydrogens (tertiary/aromatic N) is 4. The van der Waals surface area contributed by atoms with Crippen LogP contribution in [0.15, 0.2) is 34.1 Å². The minimum atomic E-state index is -0.159. The van der Waals surface area contributed by atoms with Gasteiger partial charge in [0.15, 0.2) is 0 Å². The van der Waals surface area contributed by atoms with Crippen LogP contribution in [-0.4, -0.2) is 44.1 Å². The Morgan fingerprint density at radius 1 is 1.21 bits per heavy atom. The maximum Gasteiger partial charge on any atom is 0.267 e. The van der Waals surface area contributed by atoms with Crippen molar-refractivity contribution in [2.75, 3.05) is 24.5 Å². The maximum atomic E-state index is 13.3. The van der Waals surface area contributed by atoms with E-state index in [0.29, 0.717) is 32.8 Å². The summed E-state index contributed by atoms with van der Waals surface area (Å²) in [6.07, 6.45) is 8.64. The van der Waals surface area contributed by atoms with Crippen LogP contribution >= 0.6 is 24.0 Å². The van der Waals surface area contributed by atoms with Crippen LogP contribution in [0, 0.1) is 0 Å². The normalized spacial score (nSPS) is 18.6. The molecule has 2 aliphatic heterocycles. The number of anilines is 1. The second-order valence-corrected chi connectivity index (χ2v) is 8.99. The van der Waals surface area contributed by atoms with Crippen molar-refractivity contribution >= 4 is 51.7 Å². The van der Waals surface area contributed by atoms with Gasteiger partial charge in [-0.3, -0.25) is 18.9 Å². The van der Waals surface area contributed by atoms with Crippen LogP contribution in [0.4, 0.5) is 5.82 Å². The van der Waals surface area contributed by atoms with Crippen LogP contribution in [0.2, 0.25) is 0 Å². The van der Waals surface area contributed by atoms with Crippen LogP contribution in [-0.2, 0) is 4.79 Å². The summed E-state index contributed by atoms with van der Waals surface area (Å²) in [5.41, 5.74) is 0.919. The number of aromatic nitrogens is 2. The number of rotatable bonds is 6. The minimum absolute atomic E-state index is 0.110. The number of hydrogen-bond acceptors (Lipinski definition) is 6. The van der Waals surface area contributed by atoms with Crippen LogP contribution in [0.25, 0.3) is 11.7 Å². The molecule has 0 aromatic carbocycles. The zero-order valence-corrected chi connectivity index (χ0v) is 18.1. The molecule has 0 radical (unpaired) electrons. The second kappa shape index (κ2) is 8.67. The summed E-state index contributed by atoms with van der Waals surface area (Å²) in [5, 5.41) is 0. The highest BCUT2D eigenvalue weighted by atomic mass is 32.2. The number of fused-ring (bicyclic) bond motifs is 1. The van der Waals surface area contributed by atoms with E-state index in [1.54, 1.807) is 17.2 Å². The van der Waals surface area contributed by atoms with Crippen molar-refractivity contribution in [3.8, 4) is 0 Å². The predicted octanol–water partition coefficient (Wildman–Crippen LogP) is 3.69. The lowest BCUT2D eigenvalue weighted by Gasteiger charge is -2.19. The molecule has 0 aliphatic carbocycles. The quantitative estimate of drug-likeness (QED) is 0.397. The Morgan fingerprint density at radius 3 is 2.76 bits per heavy atom. The predicted molar refractivity (Wildman–Crippen MR) is 122 cm³/mol. The van der Waals surface area contributed by atoms with Gasteiger partial charge in [0.1, 0.15) is 15.8 Å². The van der Waals surface area contributed by atoms with Gasteiger partial charge >= 0.3 is 0 Å². The Bertz CT molecular complexity index is 1040. The Kier molecular flexibility index (Phi) is 6.01. The number of pyridine rings is 1. The maximum absolute atomic E-state index is 13.3. The molecule has 4 heterocycles. The van der Waals surface area contributed by atoms with Crippen molar-refractivity contribution in [1.29, 1.82) is 0 Å². The molecule has 6 nitrogen and oxygen atoms in total. The molecule has 0 unspecified atom stereocenters. The monoisotopic (exact) mass is 428 g/mol. The zero-order chi connectivity index (χ0) is 20.4. The molecule has 0 saturated carbocycles. The molecule has 1 amide bonds. The highest BCUT2D eigenvalue weighted by Crippen LogP contribution is 2.34. The van der Waals surface area contributed by atoms with Gasteiger partial charge in [0.2, 0.25) is 0 Å². The smallest absolute Gasteiger partial charge is 0.267 e. The molecule has 0 bridgehead atoms. The molecule has 2 saturated heterocycles. The van der Waals surface area contributed by atoms with E-state index in [0.717, 1.165) is 45.2 Å². The molecular weight excluding hydrogens is 404 g/mol. The largest absolute Gasteiger partial charge is 0.356 e. The third kappa shape index (κ3) is 3.96. The average molecular weight is 429 g/mol. The van der Waals surface area contributed by atoms with Gasteiger partial charge < -0.3 is 4.90 Å². The van der Waals surface area contributed by atoms with E-state index in [9.17, 15) is 9.59 Å². The topological polar surface area (TPSA) is 57.9 Å². The van der Waals surface area contributed by atoms with Gasteiger partial charge in [0.05, 0.1) is 10.5 Å². The van der Waals surface area contributed by atoms with Gasteiger partial charge in [-0.2, -0.15) is 0 Å². The minimum Gasteiger partial charge on any atom is -0.356 e. The van der Waals surface area contributed by atoms with Crippen LogP contribution in [0.5, 0.6) is 0 Å². The number of unbranched alkanes of at least 4 members (excludes halogenated alkanes) is 2. The summed E-state index contributed by atoms with van der Waals surface area (Å²) in [6, 6.07) is 5.51. The van der Waals surface area contributed by atoms with Crippen molar-refractivity contribution in [3.05, 3.63) is 45.2 Å². The van der Waals surface area contributed by atoms with E-state index >= 15 is 0 Å². The second-order valence-electron chi connectivity index (χ2n) is 7.32. The summed E-state index contributed by atoms with van der Waals surface area (Å²) < 4.78 is 2.10. The molecule has 2 fully saturated rings. The summed E-state index contributed by atoms with van der Waals surface area (Å²) in [7, 11) is 0. The number of thiocarbonyl (C=S) groups is 1. The van der Waals surface area contributed by atoms with Gasteiger partial charge in [-0.1, -0.05) is 49.8 Å². The molecule has 0 atom stereocenters. The first-order valence-electron chi connectivity index (χ1n) is 10.1. The molecule has 2 aliphatic rings. The third-order valence-electron chi connectivity index (χ3n) is 5.29. The molecular formula is C21H24N4O2S2. The van der Waals surface area contributed by atoms with Gasteiger partial charge in [0, 0.05) is 25.8 Å². The van der Waals surface area contributed by atoms with Crippen molar-refractivity contribution in [3.63, 3.8) is 0 Å². The van der Waals surface area contributed by atoms with Crippen LogP contribution in [0.3, 0.4) is 0 Å². The highest BCUT2D eigenvalue weighted by molar-refractivity contribution is 8.26. The first-order valence-corrected chi connectivity index (χ1v) is 11.3. The lowest BCUT2D eigenvalue weighted by Crippen LogP contribution is -2.29. The number of carbonyl (C=O) groups excluding carboxylic acids is 1. The number of carbonyl (C=O) groups is 1. The molecule has 2 aromatic heterocycles. The standard InChI is InChI=1S/C21H24N4O2S2/c1-2-3-5-13-25-20(27)16(29-21(25)28)14-15-18(23-10-7-8-11-23)22-17-9-4-6-12-24(17)19(15)26/h4,6,9,12,14H,2-3,5,7-8,10-11,13H2,1H3/b16-14+. The van der Waals surface area contributed by atoms with Gasteiger partial charge in [-0.05, 0) is 37.5 Å². The molecule has 152 valence electrons. The Balaban J connectivity index is 1.76. The van der Waals surface area contributed by atoms with E-state index < -0.39 is 0 Å². The van der Waals surface area contributed by atoms with Crippen LogP contribution in [0.1, 0.15) is 44.6 Å². The Labute approximate surface area is 179 Å². The van der Waals surface area contributed by atoms with Gasteiger partial charge in [-0.15, -0.1) is 0 Å². The van der Waals surface area contributed by atoms with Crippen molar-refractivity contribution < 1.29 is 4.79 Å². The van der Waals surface area contributed by atoms with Crippen molar-refractivity contribution in [2.24, 2.45) is 0 Å². The van der Waals surface area contributed by atoms with Gasteiger partial charge in [0.25, 0.3) is 11.5 Å². The molecule has 2 aromatic rings. The number of amides is 1. The molecule has 8 heteroatoms. The number of hydrogen-bond donors (Lipinski definition) is 0. The summed E-state index contributed by atoms with van der Waals surface area (Å²) in [6.45, 7) is 4.50. The van der Waals surface area contributed by atoms with Crippen molar-refractivity contribution in [1.82, 2.24) is 14.3 Å². The molecule has 0 spiro atoms. The molecule has 29 heavy (non-hydrogen) atoms. The van der Waals surface area contributed by atoms with Gasteiger partial charge in [-0.25, -0.2) is 4.98 Å².